The van der Waals surface area contributed by atoms with Crippen LogP contribution in [0.4, 0.5) is 0 Å². The second-order valence-corrected chi connectivity index (χ2v) is 6.37. The van der Waals surface area contributed by atoms with Crippen molar-refractivity contribution in [3.63, 3.8) is 0 Å². The fourth-order valence-electron chi connectivity index (χ4n) is 2.68. The maximum Gasteiger partial charge on any atom is 0.340 e. The van der Waals surface area contributed by atoms with Gasteiger partial charge in [-0.1, -0.05) is 30.3 Å². The van der Waals surface area contributed by atoms with Crippen LogP contribution in [0, 0.1) is 12.8 Å². The Morgan fingerprint density at radius 3 is 2.87 bits per heavy atom. The lowest BCUT2D eigenvalue weighted by molar-refractivity contribution is -0.128. The third-order valence-corrected chi connectivity index (χ3v) is 4.65. The van der Waals surface area contributed by atoms with E-state index in [0.29, 0.717) is 30.8 Å². The van der Waals surface area contributed by atoms with Crippen LogP contribution < -0.4 is 0 Å². The number of hydrogen-bond acceptors (Lipinski definition) is 5. The summed E-state index contributed by atoms with van der Waals surface area (Å²) >= 11 is 1.24. The van der Waals surface area contributed by atoms with E-state index in [1.165, 1.54) is 11.5 Å². The summed E-state index contributed by atoms with van der Waals surface area (Å²) in [5.41, 5.74) is 2.31. The van der Waals surface area contributed by atoms with E-state index in [2.05, 4.69) is 4.37 Å². The molecule has 0 aliphatic carbocycles. The molecule has 1 fully saturated rings. The maximum absolute atomic E-state index is 12.1. The molecule has 0 bridgehead atoms. The Hall–Kier alpha value is -2.21. The Labute approximate surface area is 139 Å². The van der Waals surface area contributed by atoms with Crippen LogP contribution in [-0.2, 0) is 16.1 Å². The van der Waals surface area contributed by atoms with Crippen molar-refractivity contribution < 1.29 is 14.3 Å². The quantitative estimate of drug-likeness (QED) is 0.791. The van der Waals surface area contributed by atoms with E-state index >= 15 is 0 Å². The fourth-order valence-corrected chi connectivity index (χ4v) is 3.36. The number of aryl methyl sites for hydroxylation is 1. The lowest BCUT2D eigenvalue weighted by Crippen LogP contribution is -2.25. The first-order valence-corrected chi connectivity index (χ1v) is 8.37. The first-order chi connectivity index (χ1) is 11.1. The van der Waals surface area contributed by atoms with Crippen LogP contribution in [0.25, 0.3) is 0 Å². The van der Waals surface area contributed by atoms with Crippen LogP contribution in [0.5, 0.6) is 0 Å². The number of benzene rings is 1. The number of carbonyl (C=O) groups is 2. The van der Waals surface area contributed by atoms with Crippen molar-refractivity contribution in [1.82, 2.24) is 9.27 Å². The van der Waals surface area contributed by atoms with Gasteiger partial charge in [-0.2, -0.15) is 4.37 Å². The summed E-state index contributed by atoms with van der Waals surface area (Å²) in [4.78, 5) is 25.9. The van der Waals surface area contributed by atoms with Crippen molar-refractivity contribution in [2.24, 2.45) is 5.92 Å². The van der Waals surface area contributed by atoms with Gasteiger partial charge in [0, 0.05) is 30.8 Å². The SMILES string of the molecule is Cc1nscc1C(=O)OC[C@H]1CC(=O)N(Cc2ccccc2)C1. The van der Waals surface area contributed by atoms with Crippen LogP contribution in [0.15, 0.2) is 35.7 Å². The molecule has 1 saturated heterocycles. The molecule has 0 saturated carbocycles. The van der Waals surface area contributed by atoms with Gasteiger partial charge in [0.15, 0.2) is 0 Å². The van der Waals surface area contributed by atoms with Crippen LogP contribution >= 0.6 is 11.5 Å². The number of ether oxygens (including phenoxy) is 1. The van der Waals surface area contributed by atoms with Gasteiger partial charge < -0.3 is 9.64 Å². The molecule has 120 valence electrons. The highest BCUT2D eigenvalue weighted by molar-refractivity contribution is 7.03. The van der Waals surface area contributed by atoms with Gasteiger partial charge in [0.2, 0.25) is 5.91 Å². The van der Waals surface area contributed by atoms with Gasteiger partial charge >= 0.3 is 5.97 Å². The molecule has 1 amide bonds. The number of amides is 1. The summed E-state index contributed by atoms with van der Waals surface area (Å²) in [7, 11) is 0. The molecule has 0 unspecified atom stereocenters. The third kappa shape index (κ3) is 3.76. The predicted molar refractivity (Wildman–Crippen MR) is 87.1 cm³/mol. The molecule has 0 radical (unpaired) electrons. The molecule has 6 heteroatoms. The summed E-state index contributed by atoms with van der Waals surface area (Å²) in [6, 6.07) is 9.90. The molecular formula is C17H18N2O3S. The zero-order chi connectivity index (χ0) is 16.2. The predicted octanol–water partition coefficient (Wildman–Crippen LogP) is 2.66. The minimum atomic E-state index is -0.356. The number of nitrogens with zero attached hydrogens (tertiary/aromatic N) is 2. The van der Waals surface area contributed by atoms with Gasteiger partial charge in [0.1, 0.15) is 0 Å². The number of aromatic nitrogens is 1. The second-order valence-electron chi connectivity index (χ2n) is 5.74. The molecule has 2 heterocycles. The molecule has 1 atom stereocenters. The first-order valence-electron chi connectivity index (χ1n) is 7.53. The van der Waals surface area contributed by atoms with E-state index in [1.807, 2.05) is 35.2 Å². The molecule has 2 aromatic rings. The Morgan fingerprint density at radius 1 is 1.39 bits per heavy atom. The van der Waals surface area contributed by atoms with Gasteiger partial charge in [-0.05, 0) is 24.0 Å². The Kier molecular flexibility index (Phi) is 4.71. The standard InChI is InChI=1S/C17H18N2O3S/c1-12-15(11-23-18-12)17(21)22-10-14-7-16(20)19(9-14)8-13-5-3-2-4-6-13/h2-6,11,14H,7-10H2,1H3/t14-/m0/s1. The average Bonchev–Trinajstić information content (AvgIpc) is 3.12. The number of likely N-dealkylation sites (tertiary alicyclic amines) is 1. The largest absolute Gasteiger partial charge is 0.462 e. The number of rotatable bonds is 5. The highest BCUT2D eigenvalue weighted by Crippen LogP contribution is 2.21. The zero-order valence-electron chi connectivity index (χ0n) is 12.9. The molecule has 23 heavy (non-hydrogen) atoms. The zero-order valence-corrected chi connectivity index (χ0v) is 13.7. The van der Waals surface area contributed by atoms with Gasteiger partial charge in [-0.25, -0.2) is 4.79 Å². The van der Waals surface area contributed by atoms with E-state index in [4.69, 9.17) is 4.74 Å². The van der Waals surface area contributed by atoms with Crippen molar-refractivity contribution in [1.29, 1.82) is 0 Å². The van der Waals surface area contributed by atoms with Gasteiger partial charge in [-0.15, -0.1) is 0 Å². The van der Waals surface area contributed by atoms with Gasteiger partial charge in [0.05, 0.1) is 17.9 Å². The molecule has 1 aliphatic heterocycles. The molecule has 1 aliphatic rings. The molecule has 5 nitrogen and oxygen atoms in total. The summed E-state index contributed by atoms with van der Waals surface area (Å²) in [5, 5.41) is 1.69. The smallest absolute Gasteiger partial charge is 0.340 e. The van der Waals surface area contributed by atoms with Gasteiger partial charge in [-0.3, -0.25) is 4.79 Å². The molecule has 1 aromatic heterocycles. The second kappa shape index (κ2) is 6.91. The lowest BCUT2D eigenvalue weighted by atomic mass is 10.1. The van der Waals surface area contributed by atoms with Gasteiger partial charge in [0.25, 0.3) is 0 Å². The summed E-state index contributed by atoms with van der Waals surface area (Å²) in [5.74, 6) is -0.185. The Morgan fingerprint density at radius 2 is 2.17 bits per heavy atom. The van der Waals surface area contributed by atoms with Crippen molar-refractivity contribution in [2.45, 2.75) is 19.9 Å². The summed E-state index contributed by atoms with van der Waals surface area (Å²) < 4.78 is 9.41. The van der Waals surface area contributed by atoms with E-state index in [9.17, 15) is 9.59 Å². The van der Waals surface area contributed by atoms with Crippen LogP contribution in [-0.4, -0.2) is 34.3 Å². The minimum Gasteiger partial charge on any atom is -0.462 e. The van der Waals surface area contributed by atoms with E-state index < -0.39 is 0 Å². The van der Waals surface area contributed by atoms with Crippen molar-refractivity contribution in [2.75, 3.05) is 13.2 Å². The highest BCUT2D eigenvalue weighted by Gasteiger charge is 2.30. The summed E-state index contributed by atoms with van der Waals surface area (Å²) in [6.45, 7) is 3.29. The van der Waals surface area contributed by atoms with E-state index in [-0.39, 0.29) is 24.4 Å². The number of hydrogen-bond donors (Lipinski definition) is 0. The van der Waals surface area contributed by atoms with Crippen LogP contribution in [0.2, 0.25) is 0 Å². The fraction of sp³-hybridized carbons (Fsp3) is 0.353. The Bertz CT molecular complexity index is 699. The molecule has 3 rings (SSSR count). The lowest BCUT2D eigenvalue weighted by Gasteiger charge is -2.16. The highest BCUT2D eigenvalue weighted by atomic mass is 32.1. The third-order valence-electron chi connectivity index (χ3n) is 3.93. The van der Waals surface area contributed by atoms with E-state index in [0.717, 1.165) is 5.56 Å². The molecule has 1 aromatic carbocycles. The number of esters is 1. The maximum atomic E-state index is 12.1. The Balaban J connectivity index is 1.52. The molecule has 0 N–H and O–H groups in total. The first kappa shape index (κ1) is 15.7. The molecular weight excluding hydrogens is 312 g/mol. The van der Waals surface area contributed by atoms with Crippen LogP contribution in [0.3, 0.4) is 0 Å². The van der Waals surface area contributed by atoms with Crippen LogP contribution in [0.1, 0.15) is 28.0 Å². The molecule has 0 spiro atoms. The van der Waals surface area contributed by atoms with E-state index in [1.54, 1.807) is 12.3 Å². The topological polar surface area (TPSA) is 59.5 Å². The average molecular weight is 330 g/mol. The van der Waals surface area contributed by atoms with Crippen molar-refractivity contribution >= 4 is 23.4 Å². The minimum absolute atomic E-state index is 0.0575. The van der Waals surface area contributed by atoms with Crippen molar-refractivity contribution in [3.8, 4) is 0 Å². The normalized spacial score (nSPS) is 17.5. The van der Waals surface area contributed by atoms with Crippen molar-refractivity contribution in [3.05, 3.63) is 52.5 Å². The number of carbonyl (C=O) groups excluding carboxylic acids is 2. The monoisotopic (exact) mass is 330 g/mol. The summed E-state index contributed by atoms with van der Waals surface area (Å²) in [6.07, 6.45) is 0.432.